The van der Waals surface area contributed by atoms with Crippen molar-refractivity contribution in [3.8, 4) is 0 Å². The van der Waals surface area contributed by atoms with Crippen LogP contribution in [0.3, 0.4) is 0 Å². The van der Waals surface area contributed by atoms with E-state index in [2.05, 4.69) is 101 Å². The van der Waals surface area contributed by atoms with Gasteiger partial charge in [0, 0.05) is 13.0 Å². The molecule has 0 aliphatic heterocycles. The maximum absolute atomic E-state index is 13.6. The summed E-state index contributed by atoms with van der Waals surface area (Å²) in [5.74, 6) is 0.804. The summed E-state index contributed by atoms with van der Waals surface area (Å²) >= 11 is 0. The molecule has 0 spiro atoms. The SMILES string of the molecule is CC/C=C\CC1C(CC(=O)OC(CCCCCCCC/C=C\C/C=C\CCCCC)CCCCCCCC/C=C\C/C=C\CCCCC)CCC1OCCCN(C)C. The van der Waals surface area contributed by atoms with E-state index in [1.165, 1.54) is 141 Å². The second-order valence-electron chi connectivity index (χ2n) is 17.7. The van der Waals surface area contributed by atoms with E-state index < -0.39 is 0 Å². The molecule has 0 radical (unpaired) electrons. The molecule has 0 heterocycles. The summed E-state index contributed by atoms with van der Waals surface area (Å²) in [7, 11) is 4.24. The van der Waals surface area contributed by atoms with Crippen LogP contribution in [0, 0.1) is 11.8 Å². The fraction of sp³-hybridized carbons (Fsp3) is 0.796. The zero-order chi connectivity index (χ0) is 42.0. The minimum absolute atomic E-state index is 0.0350. The molecule has 1 saturated carbocycles. The maximum Gasteiger partial charge on any atom is 0.306 e. The van der Waals surface area contributed by atoms with Gasteiger partial charge in [0.2, 0.25) is 0 Å². The molecule has 3 atom stereocenters. The maximum atomic E-state index is 13.6. The van der Waals surface area contributed by atoms with Gasteiger partial charge in [0.15, 0.2) is 0 Å². The van der Waals surface area contributed by atoms with Crippen molar-refractivity contribution in [2.24, 2.45) is 11.8 Å². The molecule has 0 saturated heterocycles. The van der Waals surface area contributed by atoms with Crippen molar-refractivity contribution in [2.45, 2.75) is 238 Å². The van der Waals surface area contributed by atoms with Gasteiger partial charge in [-0.25, -0.2) is 0 Å². The number of ether oxygens (including phenoxy) is 2. The quantitative estimate of drug-likeness (QED) is 0.0350. The second kappa shape index (κ2) is 41.8. The smallest absolute Gasteiger partial charge is 0.306 e. The first-order chi connectivity index (χ1) is 28.5. The lowest BCUT2D eigenvalue weighted by Gasteiger charge is -2.25. The van der Waals surface area contributed by atoms with E-state index in [1.807, 2.05) is 0 Å². The summed E-state index contributed by atoms with van der Waals surface area (Å²) in [6, 6.07) is 0. The molecule has 1 aliphatic carbocycles. The Balaban J connectivity index is 2.49. The average Bonchev–Trinajstić information content (AvgIpc) is 3.58. The number of unbranched alkanes of at least 4 members (excludes halogenated alkanes) is 18. The lowest BCUT2D eigenvalue weighted by Crippen LogP contribution is -2.26. The van der Waals surface area contributed by atoms with Gasteiger partial charge < -0.3 is 14.4 Å². The highest BCUT2D eigenvalue weighted by molar-refractivity contribution is 5.70. The standard InChI is InChI=1S/C54H97NO3/c1-6-9-12-14-16-18-20-22-24-26-28-30-32-34-36-39-42-51(43-40-37-35-33-31-29-27-25-23-21-19-17-15-13-10-7-2)58-54(56)49-50-45-46-53(52(50)44-38-11-8-3)57-48-41-47-55(4)5/h11,16-19,22-25,38,50-53H,6-10,12-15,20-21,26-37,39-49H2,1-5H3/b18-16-,19-17-,24-22-,25-23-,38-11-. The minimum Gasteiger partial charge on any atom is -0.462 e. The molecule has 1 aliphatic rings. The van der Waals surface area contributed by atoms with Gasteiger partial charge in [-0.3, -0.25) is 4.79 Å². The fourth-order valence-electron chi connectivity index (χ4n) is 8.38. The number of rotatable bonds is 41. The molecule has 0 aromatic heterocycles. The number of carbonyl (C=O) groups excluding carboxylic acids is 1. The molecule has 0 aromatic rings. The van der Waals surface area contributed by atoms with Crippen LogP contribution in [0.1, 0.15) is 226 Å². The molecule has 4 nitrogen and oxygen atoms in total. The first-order valence-corrected chi connectivity index (χ1v) is 25.2. The Kier molecular flexibility index (Phi) is 39.0. The van der Waals surface area contributed by atoms with E-state index in [4.69, 9.17) is 9.47 Å². The Morgan fingerprint density at radius 3 is 1.53 bits per heavy atom. The normalized spacial score (nSPS) is 17.7. The highest BCUT2D eigenvalue weighted by Gasteiger charge is 2.37. The summed E-state index contributed by atoms with van der Waals surface area (Å²) in [5.41, 5.74) is 0. The van der Waals surface area contributed by atoms with Gasteiger partial charge in [0.1, 0.15) is 6.10 Å². The van der Waals surface area contributed by atoms with Crippen LogP contribution in [0.4, 0.5) is 0 Å². The second-order valence-corrected chi connectivity index (χ2v) is 17.7. The van der Waals surface area contributed by atoms with Crippen LogP contribution in [0.5, 0.6) is 0 Å². The fourth-order valence-corrected chi connectivity index (χ4v) is 8.38. The first kappa shape index (κ1) is 54.1. The number of hydrogen-bond acceptors (Lipinski definition) is 4. The van der Waals surface area contributed by atoms with Gasteiger partial charge in [-0.2, -0.15) is 0 Å². The molecule has 1 fully saturated rings. The number of allylic oxidation sites excluding steroid dienone is 10. The van der Waals surface area contributed by atoms with Crippen LogP contribution >= 0.6 is 0 Å². The average molecular weight is 808 g/mol. The van der Waals surface area contributed by atoms with E-state index in [9.17, 15) is 4.79 Å². The summed E-state index contributed by atoms with van der Waals surface area (Å²) in [4.78, 5) is 15.8. The molecule has 3 unspecified atom stereocenters. The zero-order valence-electron chi connectivity index (χ0n) is 39.3. The molecular weight excluding hydrogens is 711 g/mol. The number of nitrogens with zero attached hydrogens (tertiary/aromatic N) is 1. The van der Waals surface area contributed by atoms with E-state index in [0.717, 1.165) is 70.9 Å². The number of esters is 1. The number of carbonyl (C=O) groups is 1. The minimum atomic E-state index is 0.0350. The predicted octanol–water partition coefficient (Wildman–Crippen LogP) is 16.4. The molecule has 58 heavy (non-hydrogen) atoms. The zero-order valence-corrected chi connectivity index (χ0v) is 39.3. The molecule has 4 heteroatoms. The van der Waals surface area contributed by atoms with E-state index in [-0.39, 0.29) is 18.2 Å². The summed E-state index contributed by atoms with van der Waals surface area (Å²) in [6.45, 7) is 8.58. The summed E-state index contributed by atoms with van der Waals surface area (Å²) < 4.78 is 12.8. The van der Waals surface area contributed by atoms with Gasteiger partial charge in [0.05, 0.1) is 6.10 Å². The van der Waals surface area contributed by atoms with Gasteiger partial charge in [0.25, 0.3) is 0 Å². The Bertz CT molecular complexity index is 993. The summed E-state index contributed by atoms with van der Waals surface area (Å²) in [6.07, 6.45) is 61.8. The van der Waals surface area contributed by atoms with Crippen molar-refractivity contribution < 1.29 is 14.3 Å². The highest BCUT2D eigenvalue weighted by atomic mass is 16.5. The molecule has 336 valence electrons. The Morgan fingerprint density at radius 2 is 1.05 bits per heavy atom. The van der Waals surface area contributed by atoms with E-state index in [0.29, 0.717) is 18.3 Å². The van der Waals surface area contributed by atoms with Crippen LogP contribution in [0.15, 0.2) is 60.8 Å². The molecular formula is C54H97NO3. The van der Waals surface area contributed by atoms with Crippen LogP contribution < -0.4 is 0 Å². The third-order valence-corrected chi connectivity index (χ3v) is 12.0. The third-order valence-electron chi connectivity index (χ3n) is 12.0. The molecule has 0 aromatic carbocycles. The van der Waals surface area contributed by atoms with Gasteiger partial charge >= 0.3 is 5.97 Å². The lowest BCUT2D eigenvalue weighted by atomic mass is 9.88. The largest absolute Gasteiger partial charge is 0.462 e. The molecule has 0 bridgehead atoms. The topological polar surface area (TPSA) is 38.8 Å². The Labute approximate surface area is 362 Å². The lowest BCUT2D eigenvalue weighted by molar-refractivity contribution is -0.151. The third kappa shape index (κ3) is 33.9. The summed E-state index contributed by atoms with van der Waals surface area (Å²) in [5, 5.41) is 0. The molecule has 0 N–H and O–H groups in total. The first-order valence-electron chi connectivity index (χ1n) is 25.2. The van der Waals surface area contributed by atoms with Crippen LogP contribution in [-0.2, 0) is 14.3 Å². The van der Waals surface area contributed by atoms with Crippen molar-refractivity contribution in [1.82, 2.24) is 4.90 Å². The monoisotopic (exact) mass is 808 g/mol. The van der Waals surface area contributed by atoms with Gasteiger partial charge in [-0.15, -0.1) is 0 Å². The Morgan fingerprint density at radius 1 is 0.569 bits per heavy atom. The van der Waals surface area contributed by atoms with Crippen LogP contribution in [-0.4, -0.2) is 50.3 Å². The van der Waals surface area contributed by atoms with Crippen molar-refractivity contribution in [3.63, 3.8) is 0 Å². The van der Waals surface area contributed by atoms with Gasteiger partial charge in [-0.1, -0.05) is 159 Å². The molecule has 0 amide bonds. The highest BCUT2D eigenvalue weighted by Crippen LogP contribution is 2.39. The Hall–Kier alpha value is -1.91. The van der Waals surface area contributed by atoms with Crippen molar-refractivity contribution in [2.75, 3.05) is 27.2 Å². The number of hydrogen-bond donors (Lipinski definition) is 0. The van der Waals surface area contributed by atoms with Crippen LogP contribution in [0.25, 0.3) is 0 Å². The van der Waals surface area contributed by atoms with Crippen LogP contribution in [0.2, 0.25) is 0 Å². The van der Waals surface area contributed by atoms with E-state index in [1.54, 1.807) is 0 Å². The molecule has 1 rings (SSSR count). The van der Waals surface area contributed by atoms with Crippen molar-refractivity contribution in [3.05, 3.63) is 60.8 Å². The van der Waals surface area contributed by atoms with Crippen molar-refractivity contribution >= 4 is 5.97 Å². The van der Waals surface area contributed by atoms with Gasteiger partial charge in [-0.05, 0) is 154 Å². The predicted molar refractivity (Wildman–Crippen MR) is 256 cm³/mol. The van der Waals surface area contributed by atoms with E-state index >= 15 is 0 Å². The van der Waals surface area contributed by atoms with Crippen molar-refractivity contribution in [1.29, 1.82) is 0 Å².